The lowest BCUT2D eigenvalue weighted by Crippen LogP contribution is -2.10. The summed E-state index contributed by atoms with van der Waals surface area (Å²) in [7, 11) is 0. The number of aryl methyl sites for hydroxylation is 1. The Kier molecular flexibility index (Phi) is 4.30. The molecule has 0 spiro atoms. The van der Waals surface area contributed by atoms with Crippen molar-refractivity contribution >= 4 is 31.9 Å². The third kappa shape index (κ3) is 2.79. The van der Waals surface area contributed by atoms with E-state index in [9.17, 15) is 13.2 Å². The molecule has 20 heavy (non-hydrogen) atoms. The largest absolute Gasteiger partial charge is 0.416 e. The third-order valence-corrected chi connectivity index (χ3v) is 4.74. The van der Waals surface area contributed by atoms with Crippen LogP contribution >= 0.6 is 31.9 Å². The van der Waals surface area contributed by atoms with Crippen LogP contribution in [0.3, 0.4) is 0 Å². The average Bonchev–Trinajstić information content (AvgIpc) is 2.65. The van der Waals surface area contributed by atoms with Gasteiger partial charge in [0.05, 0.1) is 27.1 Å². The van der Waals surface area contributed by atoms with Gasteiger partial charge in [-0.2, -0.15) is 18.3 Å². The van der Waals surface area contributed by atoms with E-state index in [-0.39, 0.29) is 10.9 Å². The number of hydrogen-bond acceptors (Lipinski definition) is 1. The first-order valence-electron chi connectivity index (χ1n) is 5.74. The van der Waals surface area contributed by atoms with Gasteiger partial charge < -0.3 is 0 Å². The molecule has 0 bridgehead atoms. The van der Waals surface area contributed by atoms with E-state index in [0.29, 0.717) is 5.69 Å². The van der Waals surface area contributed by atoms with Crippen LogP contribution in [-0.2, 0) is 11.5 Å². The van der Waals surface area contributed by atoms with Gasteiger partial charge in [-0.05, 0) is 47.5 Å². The highest BCUT2D eigenvalue weighted by molar-refractivity contribution is 9.10. The molecule has 0 N–H and O–H groups in total. The zero-order valence-electron chi connectivity index (χ0n) is 10.7. The summed E-state index contributed by atoms with van der Waals surface area (Å²) < 4.78 is 41.5. The Morgan fingerprint density at radius 2 is 1.90 bits per heavy atom. The molecule has 0 aliphatic rings. The van der Waals surface area contributed by atoms with E-state index in [4.69, 9.17) is 0 Å². The molecule has 0 aliphatic carbocycles. The zero-order valence-corrected chi connectivity index (χ0v) is 13.9. The second kappa shape index (κ2) is 5.52. The predicted molar refractivity (Wildman–Crippen MR) is 78.4 cm³/mol. The highest BCUT2D eigenvalue weighted by Gasteiger charge is 2.33. The van der Waals surface area contributed by atoms with Crippen molar-refractivity contribution < 1.29 is 13.2 Å². The lowest BCUT2D eigenvalue weighted by Gasteiger charge is -2.14. The van der Waals surface area contributed by atoms with Gasteiger partial charge in [0.15, 0.2) is 0 Å². The van der Waals surface area contributed by atoms with E-state index < -0.39 is 11.7 Å². The van der Waals surface area contributed by atoms with Gasteiger partial charge in [0.1, 0.15) is 0 Å². The summed E-state index contributed by atoms with van der Waals surface area (Å²) >= 11 is 6.45. The highest BCUT2D eigenvalue weighted by Crippen LogP contribution is 2.35. The molecule has 2 nitrogen and oxygen atoms in total. The van der Waals surface area contributed by atoms with E-state index in [2.05, 4.69) is 37.0 Å². The fourth-order valence-corrected chi connectivity index (χ4v) is 2.69. The maximum absolute atomic E-state index is 13.1. The van der Waals surface area contributed by atoms with E-state index in [1.165, 1.54) is 10.7 Å². The summed E-state index contributed by atoms with van der Waals surface area (Å²) in [4.78, 5) is 0. The van der Waals surface area contributed by atoms with Crippen LogP contribution in [0.1, 0.15) is 22.5 Å². The van der Waals surface area contributed by atoms with Crippen LogP contribution in [0, 0.1) is 13.8 Å². The first-order valence-corrected chi connectivity index (χ1v) is 7.65. The van der Waals surface area contributed by atoms with Crippen molar-refractivity contribution in [3.63, 3.8) is 0 Å². The zero-order chi connectivity index (χ0) is 15.1. The predicted octanol–water partition coefficient (Wildman–Crippen LogP) is 5.17. The number of nitrogens with zero attached hydrogens (tertiary/aromatic N) is 2. The minimum Gasteiger partial charge on any atom is -0.237 e. The Morgan fingerprint density at radius 1 is 1.25 bits per heavy atom. The van der Waals surface area contributed by atoms with E-state index >= 15 is 0 Å². The molecule has 0 saturated heterocycles. The lowest BCUT2D eigenvalue weighted by molar-refractivity contribution is -0.138. The summed E-state index contributed by atoms with van der Waals surface area (Å²) in [6, 6.07) is 4.23. The van der Waals surface area contributed by atoms with Crippen molar-refractivity contribution in [3.8, 4) is 5.69 Å². The summed E-state index contributed by atoms with van der Waals surface area (Å²) in [5.41, 5.74) is 1.47. The lowest BCUT2D eigenvalue weighted by atomic mass is 10.1. The van der Waals surface area contributed by atoms with Crippen LogP contribution in [0.5, 0.6) is 0 Å². The molecule has 1 heterocycles. The highest BCUT2D eigenvalue weighted by atomic mass is 79.9. The molecule has 2 aromatic rings. The number of aromatic nitrogens is 2. The molecule has 0 radical (unpaired) electrons. The molecule has 0 fully saturated rings. The summed E-state index contributed by atoms with van der Waals surface area (Å²) in [5, 5.41) is 4.41. The van der Waals surface area contributed by atoms with Crippen molar-refractivity contribution in [2.24, 2.45) is 0 Å². The normalized spacial score (nSPS) is 11.9. The standard InChI is InChI=1S/C13H11Br2F3N2/c1-7-12(15)8(2)20(19-7)10-4-3-9(6-14)11(5-10)13(16,17)18/h3-5H,6H2,1-2H3. The third-order valence-electron chi connectivity index (χ3n) is 2.99. The maximum Gasteiger partial charge on any atom is 0.416 e. The first-order chi connectivity index (χ1) is 9.25. The second-order valence-electron chi connectivity index (χ2n) is 4.37. The van der Waals surface area contributed by atoms with Gasteiger partial charge in [0.25, 0.3) is 0 Å². The van der Waals surface area contributed by atoms with Crippen LogP contribution in [0.15, 0.2) is 22.7 Å². The number of alkyl halides is 4. The average molecular weight is 412 g/mol. The molecule has 2 rings (SSSR count). The summed E-state index contributed by atoms with van der Waals surface area (Å²) in [6.07, 6.45) is -4.38. The molecular weight excluding hydrogens is 401 g/mol. The fraction of sp³-hybridized carbons (Fsp3) is 0.308. The van der Waals surface area contributed by atoms with Gasteiger partial charge in [0.2, 0.25) is 0 Å². The van der Waals surface area contributed by atoms with Crippen molar-refractivity contribution in [1.29, 1.82) is 0 Å². The Hall–Kier alpha value is -0.820. The topological polar surface area (TPSA) is 17.8 Å². The van der Waals surface area contributed by atoms with Crippen molar-refractivity contribution in [1.82, 2.24) is 9.78 Å². The van der Waals surface area contributed by atoms with Crippen molar-refractivity contribution in [2.75, 3.05) is 0 Å². The van der Waals surface area contributed by atoms with E-state index in [1.54, 1.807) is 19.9 Å². The number of halogens is 5. The Labute approximate surface area is 131 Å². The minimum absolute atomic E-state index is 0.156. The van der Waals surface area contributed by atoms with E-state index in [1.807, 2.05) is 0 Å². The van der Waals surface area contributed by atoms with Crippen LogP contribution in [0.4, 0.5) is 13.2 Å². The number of benzene rings is 1. The molecule has 1 aromatic carbocycles. The maximum atomic E-state index is 13.1. The summed E-state index contributed by atoms with van der Waals surface area (Å²) in [6.45, 7) is 3.60. The minimum atomic E-state index is -4.38. The van der Waals surface area contributed by atoms with Crippen LogP contribution in [-0.4, -0.2) is 9.78 Å². The van der Waals surface area contributed by atoms with Gasteiger partial charge in [-0.3, -0.25) is 0 Å². The number of hydrogen-bond donors (Lipinski definition) is 0. The quantitative estimate of drug-likeness (QED) is 0.623. The SMILES string of the molecule is Cc1nn(-c2ccc(CBr)c(C(F)(F)F)c2)c(C)c1Br. The van der Waals surface area contributed by atoms with Gasteiger partial charge in [0, 0.05) is 5.33 Å². The van der Waals surface area contributed by atoms with Crippen LogP contribution < -0.4 is 0 Å². The Morgan fingerprint density at radius 3 is 2.35 bits per heavy atom. The first kappa shape index (κ1) is 15.6. The molecule has 0 saturated carbocycles. The van der Waals surface area contributed by atoms with Gasteiger partial charge in [-0.25, -0.2) is 4.68 Å². The van der Waals surface area contributed by atoms with Crippen LogP contribution in [0.25, 0.3) is 5.69 Å². The van der Waals surface area contributed by atoms with Gasteiger partial charge in [-0.1, -0.05) is 22.0 Å². The summed E-state index contributed by atoms with van der Waals surface area (Å²) in [5.74, 6) is 0. The van der Waals surface area contributed by atoms with Gasteiger partial charge >= 0.3 is 6.18 Å². The van der Waals surface area contributed by atoms with Gasteiger partial charge in [-0.15, -0.1) is 0 Å². The molecule has 0 atom stereocenters. The molecule has 0 amide bonds. The molecule has 1 aromatic heterocycles. The van der Waals surface area contributed by atoms with Crippen molar-refractivity contribution in [2.45, 2.75) is 25.4 Å². The second-order valence-corrected chi connectivity index (χ2v) is 5.72. The molecule has 7 heteroatoms. The van der Waals surface area contributed by atoms with E-state index in [0.717, 1.165) is 21.9 Å². The Balaban J connectivity index is 2.62. The molecule has 108 valence electrons. The fourth-order valence-electron chi connectivity index (χ4n) is 1.95. The van der Waals surface area contributed by atoms with Crippen molar-refractivity contribution in [3.05, 3.63) is 45.2 Å². The molecule has 0 unspecified atom stereocenters. The smallest absolute Gasteiger partial charge is 0.237 e. The molecular formula is C13H11Br2F3N2. The number of rotatable bonds is 2. The van der Waals surface area contributed by atoms with Crippen LogP contribution in [0.2, 0.25) is 0 Å². The molecule has 0 aliphatic heterocycles. The Bertz CT molecular complexity index is 648. The monoisotopic (exact) mass is 410 g/mol.